The fraction of sp³-hybridized carbons (Fsp3) is 0.435. The summed E-state index contributed by atoms with van der Waals surface area (Å²) < 4.78 is 60.7. The molecular formula is C23H24ClF3N2O7. The Bertz CT molecular complexity index is 1100. The molecule has 13 heteroatoms. The first-order chi connectivity index (χ1) is 17.0. The molecule has 0 bridgehead atoms. The Morgan fingerprint density at radius 1 is 1.28 bits per heavy atom. The maximum Gasteiger partial charge on any atom is 0.416 e. The molecule has 1 amide bonds. The Morgan fingerprint density at radius 3 is 2.67 bits per heavy atom. The maximum atomic E-state index is 12.9. The van der Waals surface area contributed by atoms with Crippen LogP contribution in [0.4, 0.5) is 18.9 Å². The number of benzene rings is 2. The quantitative estimate of drug-likeness (QED) is 0.318. The molecule has 0 saturated carbocycles. The van der Waals surface area contributed by atoms with Crippen LogP contribution in [-0.4, -0.2) is 42.5 Å². The SMILES string of the molecule is CCCC1COC(CNC(=O)C(C)Oc2cc(Oc3ccc(C(F)(F)F)cc3Cl)ccc2[N+](=O)[O-])O1. The van der Waals surface area contributed by atoms with Crippen molar-refractivity contribution >= 4 is 23.2 Å². The number of nitrogens with zero attached hydrogens (tertiary/aromatic N) is 1. The number of carbonyl (C=O) groups excluding carboxylic acids is 1. The summed E-state index contributed by atoms with van der Waals surface area (Å²) in [4.78, 5) is 23.2. The molecule has 1 saturated heterocycles. The highest BCUT2D eigenvalue weighted by molar-refractivity contribution is 6.32. The van der Waals surface area contributed by atoms with Gasteiger partial charge in [-0.15, -0.1) is 0 Å². The van der Waals surface area contributed by atoms with Crippen LogP contribution in [0.25, 0.3) is 0 Å². The van der Waals surface area contributed by atoms with Crippen molar-refractivity contribution < 1.29 is 41.8 Å². The zero-order valence-electron chi connectivity index (χ0n) is 19.3. The summed E-state index contributed by atoms with van der Waals surface area (Å²) in [7, 11) is 0. The second kappa shape index (κ2) is 11.8. The van der Waals surface area contributed by atoms with E-state index < -0.39 is 40.7 Å². The number of nitrogens with one attached hydrogen (secondary N) is 1. The molecule has 36 heavy (non-hydrogen) atoms. The molecule has 0 aliphatic carbocycles. The van der Waals surface area contributed by atoms with E-state index in [4.69, 9.17) is 30.5 Å². The Balaban J connectivity index is 1.67. The topological polar surface area (TPSA) is 109 Å². The minimum atomic E-state index is -4.58. The summed E-state index contributed by atoms with van der Waals surface area (Å²) in [6.45, 7) is 3.93. The zero-order chi connectivity index (χ0) is 26.5. The number of alkyl halides is 3. The summed E-state index contributed by atoms with van der Waals surface area (Å²) >= 11 is 5.91. The van der Waals surface area contributed by atoms with E-state index in [2.05, 4.69) is 5.32 Å². The van der Waals surface area contributed by atoms with Gasteiger partial charge in [0, 0.05) is 12.1 Å². The molecule has 1 aliphatic heterocycles. The minimum Gasteiger partial charge on any atom is -0.474 e. The lowest BCUT2D eigenvalue weighted by atomic mass is 10.2. The Labute approximate surface area is 209 Å². The third kappa shape index (κ3) is 7.21. The molecule has 0 radical (unpaired) electrons. The first-order valence-corrected chi connectivity index (χ1v) is 11.4. The molecule has 9 nitrogen and oxygen atoms in total. The van der Waals surface area contributed by atoms with Gasteiger partial charge in [-0.2, -0.15) is 13.2 Å². The van der Waals surface area contributed by atoms with Crippen LogP contribution < -0.4 is 14.8 Å². The molecule has 2 aromatic rings. The van der Waals surface area contributed by atoms with Crippen LogP contribution >= 0.6 is 11.6 Å². The Morgan fingerprint density at radius 2 is 2.03 bits per heavy atom. The third-order valence-corrected chi connectivity index (χ3v) is 5.45. The number of ether oxygens (including phenoxy) is 4. The van der Waals surface area contributed by atoms with Crippen molar-refractivity contribution in [3.05, 3.63) is 57.1 Å². The number of rotatable bonds is 10. The molecule has 3 unspecified atom stereocenters. The van der Waals surface area contributed by atoms with Crippen LogP contribution in [0, 0.1) is 10.1 Å². The number of carbonyl (C=O) groups is 1. The lowest BCUT2D eigenvalue weighted by Crippen LogP contribution is -2.40. The second-order valence-corrected chi connectivity index (χ2v) is 8.35. The van der Waals surface area contributed by atoms with E-state index in [1.165, 1.54) is 13.0 Å². The van der Waals surface area contributed by atoms with Gasteiger partial charge in [-0.05, 0) is 37.6 Å². The van der Waals surface area contributed by atoms with Crippen molar-refractivity contribution in [3.8, 4) is 17.2 Å². The second-order valence-electron chi connectivity index (χ2n) is 7.95. The van der Waals surface area contributed by atoms with Gasteiger partial charge in [-0.1, -0.05) is 24.9 Å². The van der Waals surface area contributed by atoms with Gasteiger partial charge in [0.15, 0.2) is 12.4 Å². The van der Waals surface area contributed by atoms with E-state index >= 15 is 0 Å². The molecule has 1 aliphatic rings. The summed E-state index contributed by atoms with van der Waals surface area (Å²) in [5.41, 5.74) is -1.40. The van der Waals surface area contributed by atoms with Crippen molar-refractivity contribution in [2.45, 2.75) is 51.4 Å². The standard InChI is InChI=1S/C23H24ClF3N2O7/c1-3-4-16-12-33-21(36-16)11-28-22(30)13(2)34-20-10-15(6-7-18(20)29(31)32)35-19-8-5-14(9-17(19)24)23(25,26)27/h5-10,13,16,21H,3-4,11-12H2,1-2H3,(H,28,30). The smallest absolute Gasteiger partial charge is 0.416 e. The van der Waals surface area contributed by atoms with Crippen LogP contribution in [0.3, 0.4) is 0 Å². The fourth-order valence-electron chi connectivity index (χ4n) is 3.35. The molecule has 0 aromatic heterocycles. The Kier molecular flexibility index (Phi) is 8.98. The third-order valence-electron chi connectivity index (χ3n) is 5.15. The first kappa shape index (κ1) is 27.5. The highest BCUT2D eigenvalue weighted by Gasteiger charge is 2.31. The van der Waals surface area contributed by atoms with Crippen molar-refractivity contribution in [3.63, 3.8) is 0 Å². The van der Waals surface area contributed by atoms with Crippen LogP contribution in [0.1, 0.15) is 32.3 Å². The number of nitro groups is 1. The molecule has 3 rings (SSSR count). The Hall–Kier alpha value is -3.09. The van der Waals surface area contributed by atoms with Gasteiger partial charge in [-0.3, -0.25) is 14.9 Å². The van der Waals surface area contributed by atoms with Gasteiger partial charge in [-0.25, -0.2) is 0 Å². The number of amides is 1. The molecule has 1 fully saturated rings. The average Bonchev–Trinajstić information content (AvgIpc) is 3.25. The lowest BCUT2D eigenvalue weighted by molar-refractivity contribution is -0.386. The van der Waals surface area contributed by atoms with Gasteiger partial charge in [0.1, 0.15) is 11.5 Å². The number of hydrogen-bond acceptors (Lipinski definition) is 7. The van der Waals surface area contributed by atoms with Crippen molar-refractivity contribution in [1.82, 2.24) is 5.32 Å². The predicted octanol–water partition coefficient (Wildman–Crippen LogP) is 5.48. The van der Waals surface area contributed by atoms with Crippen molar-refractivity contribution in [2.75, 3.05) is 13.2 Å². The predicted molar refractivity (Wildman–Crippen MR) is 122 cm³/mol. The van der Waals surface area contributed by atoms with E-state index in [0.29, 0.717) is 12.7 Å². The molecular weight excluding hydrogens is 509 g/mol. The van der Waals surface area contributed by atoms with E-state index in [1.807, 2.05) is 6.92 Å². The van der Waals surface area contributed by atoms with Gasteiger partial charge < -0.3 is 24.3 Å². The molecule has 1 heterocycles. The summed E-state index contributed by atoms with van der Waals surface area (Å²) in [5, 5.41) is 13.7. The van der Waals surface area contributed by atoms with E-state index in [-0.39, 0.29) is 34.9 Å². The molecule has 0 spiro atoms. The fourth-order valence-corrected chi connectivity index (χ4v) is 3.57. The molecule has 1 N–H and O–H groups in total. The van der Waals surface area contributed by atoms with Crippen molar-refractivity contribution in [1.29, 1.82) is 0 Å². The lowest BCUT2D eigenvalue weighted by Gasteiger charge is -2.17. The van der Waals surface area contributed by atoms with Crippen LogP contribution in [0.2, 0.25) is 5.02 Å². The van der Waals surface area contributed by atoms with Gasteiger partial charge in [0.25, 0.3) is 5.91 Å². The summed E-state index contributed by atoms with van der Waals surface area (Å²) in [6, 6.07) is 5.98. The highest BCUT2D eigenvalue weighted by Crippen LogP contribution is 2.38. The minimum absolute atomic E-state index is 0.000381. The van der Waals surface area contributed by atoms with Crippen LogP contribution in [-0.2, 0) is 20.4 Å². The number of hydrogen-bond donors (Lipinski definition) is 1. The average molecular weight is 533 g/mol. The van der Waals surface area contributed by atoms with Gasteiger partial charge in [0.05, 0.1) is 34.8 Å². The molecule has 3 atom stereocenters. The van der Waals surface area contributed by atoms with E-state index in [0.717, 1.165) is 37.1 Å². The zero-order valence-corrected chi connectivity index (χ0v) is 20.1. The van der Waals surface area contributed by atoms with Crippen LogP contribution in [0.15, 0.2) is 36.4 Å². The largest absolute Gasteiger partial charge is 0.474 e. The maximum absolute atomic E-state index is 12.9. The summed E-state index contributed by atoms with van der Waals surface area (Å²) in [6.07, 6.45) is -4.58. The van der Waals surface area contributed by atoms with Crippen molar-refractivity contribution in [2.24, 2.45) is 0 Å². The number of halogens is 4. The van der Waals surface area contributed by atoms with Crippen LogP contribution in [0.5, 0.6) is 17.2 Å². The number of nitro benzene ring substituents is 1. The molecule has 196 valence electrons. The molecule has 2 aromatic carbocycles. The normalized spacial score (nSPS) is 18.5. The van der Waals surface area contributed by atoms with E-state index in [9.17, 15) is 28.1 Å². The summed E-state index contributed by atoms with van der Waals surface area (Å²) in [5.74, 6) is -0.945. The van der Waals surface area contributed by atoms with Gasteiger partial charge >= 0.3 is 11.9 Å². The highest BCUT2D eigenvalue weighted by atomic mass is 35.5. The van der Waals surface area contributed by atoms with E-state index in [1.54, 1.807) is 0 Å². The first-order valence-electron chi connectivity index (χ1n) is 11.0. The van der Waals surface area contributed by atoms with Gasteiger partial charge in [0.2, 0.25) is 5.75 Å². The monoisotopic (exact) mass is 532 g/mol.